The summed E-state index contributed by atoms with van der Waals surface area (Å²) in [5, 5.41) is 10.1. The quantitative estimate of drug-likeness (QED) is 0.172. The van der Waals surface area contributed by atoms with Crippen LogP contribution in [0.2, 0.25) is 0 Å². The van der Waals surface area contributed by atoms with Crippen LogP contribution in [0.3, 0.4) is 0 Å². The van der Waals surface area contributed by atoms with Crippen LogP contribution in [0.4, 0.5) is 0 Å². The van der Waals surface area contributed by atoms with E-state index in [-0.39, 0.29) is 0 Å². The van der Waals surface area contributed by atoms with Gasteiger partial charge in [0.2, 0.25) is 0 Å². The monoisotopic (exact) mass is 661 g/mol. The van der Waals surface area contributed by atoms with Gasteiger partial charge in [-0.2, -0.15) is 0 Å². The lowest BCUT2D eigenvalue weighted by Crippen LogP contribution is -2.00. The minimum Gasteiger partial charge on any atom is -0.208 e. The Morgan fingerprint density at radius 2 is 0.673 bits per heavy atom. The molecule has 3 heteroatoms. The molecule has 3 nitrogen and oxygen atoms in total. The summed E-state index contributed by atoms with van der Waals surface area (Å²) in [4.78, 5) is 14.9. The van der Waals surface area contributed by atoms with E-state index in [1.807, 2.05) is 60.7 Å². The van der Waals surface area contributed by atoms with E-state index in [0.717, 1.165) is 27.8 Å². The van der Waals surface area contributed by atoms with Crippen LogP contribution in [-0.2, 0) is 0 Å². The molecule has 0 amide bonds. The van der Waals surface area contributed by atoms with Crippen LogP contribution in [0.15, 0.2) is 188 Å². The number of hydrogen-bond donors (Lipinski definition) is 0. The first kappa shape index (κ1) is 29.9. The van der Waals surface area contributed by atoms with Gasteiger partial charge in [-0.3, -0.25) is 0 Å². The van der Waals surface area contributed by atoms with Crippen LogP contribution in [0.5, 0.6) is 0 Å². The Kier molecular flexibility index (Phi) is 7.14. The summed E-state index contributed by atoms with van der Waals surface area (Å²) in [5.74, 6) is 1.95. The molecule has 0 atom stereocenters. The highest BCUT2D eigenvalue weighted by atomic mass is 15.0. The predicted octanol–water partition coefficient (Wildman–Crippen LogP) is 12.8. The van der Waals surface area contributed by atoms with Crippen molar-refractivity contribution in [3.8, 4) is 56.4 Å². The molecule has 0 aliphatic rings. The fourth-order valence-corrected chi connectivity index (χ4v) is 7.63. The number of fused-ring (bicyclic) bond motifs is 8. The average molecular weight is 662 g/mol. The third-order valence-corrected chi connectivity index (χ3v) is 10.1. The lowest BCUT2D eigenvalue weighted by Gasteiger charge is -2.17. The van der Waals surface area contributed by atoms with Gasteiger partial charge in [0.15, 0.2) is 17.5 Å². The first-order valence-corrected chi connectivity index (χ1v) is 17.6. The number of aromatic nitrogens is 3. The first-order chi connectivity index (χ1) is 25.8. The molecular weight excluding hydrogens is 631 g/mol. The Hall–Kier alpha value is -6.97. The maximum atomic E-state index is 4.99. The molecule has 0 bridgehead atoms. The van der Waals surface area contributed by atoms with Crippen LogP contribution in [0, 0.1) is 0 Å². The van der Waals surface area contributed by atoms with E-state index in [1.165, 1.54) is 54.2 Å². The van der Waals surface area contributed by atoms with Crippen molar-refractivity contribution in [2.45, 2.75) is 0 Å². The summed E-state index contributed by atoms with van der Waals surface area (Å²) in [7, 11) is 0. The Balaban J connectivity index is 1.17. The summed E-state index contributed by atoms with van der Waals surface area (Å²) in [5.41, 5.74) is 7.58. The molecule has 0 radical (unpaired) electrons. The molecule has 242 valence electrons. The van der Waals surface area contributed by atoms with Gasteiger partial charge in [-0.05, 0) is 83.5 Å². The maximum absolute atomic E-state index is 4.99. The van der Waals surface area contributed by atoms with E-state index in [1.54, 1.807) is 0 Å². The Morgan fingerprint density at radius 3 is 1.31 bits per heavy atom. The van der Waals surface area contributed by atoms with Gasteiger partial charge in [0.25, 0.3) is 0 Å². The number of benzene rings is 9. The van der Waals surface area contributed by atoms with Gasteiger partial charge in [-0.15, -0.1) is 0 Å². The third-order valence-electron chi connectivity index (χ3n) is 10.1. The van der Waals surface area contributed by atoms with E-state index < -0.39 is 0 Å². The highest BCUT2D eigenvalue weighted by molar-refractivity contribution is 6.33. The van der Waals surface area contributed by atoms with E-state index in [9.17, 15) is 0 Å². The van der Waals surface area contributed by atoms with E-state index in [2.05, 4.69) is 127 Å². The molecule has 0 unspecified atom stereocenters. The number of hydrogen-bond acceptors (Lipinski definition) is 3. The Bertz CT molecular complexity index is 2880. The molecule has 10 rings (SSSR count). The summed E-state index contributed by atoms with van der Waals surface area (Å²) < 4.78 is 0. The van der Waals surface area contributed by atoms with Gasteiger partial charge in [-0.1, -0.05) is 170 Å². The SMILES string of the molecule is c1ccc(-c2nc(-c3ccccc3)nc(-c3cccc(-c4ccc5c(c4)c4ccccc4c4cc(-c6ccccc6)c6ccccc6c54)c3)n2)cc1. The largest absolute Gasteiger partial charge is 0.208 e. The van der Waals surface area contributed by atoms with Crippen molar-refractivity contribution in [3.05, 3.63) is 188 Å². The molecule has 0 aliphatic carbocycles. The predicted molar refractivity (Wildman–Crippen MR) is 217 cm³/mol. The summed E-state index contributed by atoms with van der Waals surface area (Å²) in [6.07, 6.45) is 0. The molecule has 0 saturated heterocycles. The van der Waals surface area contributed by atoms with Crippen molar-refractivity contribution in [1.82, 2.24) is 15.0 Å². The van der Waals surface area contributed by atoms with Crippen LogP contribution in [-0.4, -0.2) is 15.0 Å². The zero-order chi connectivity index (χ0) is 34.4. The second-order valence-electron chi connectivity index (χ2n) is 13.2. The molecule has 9 aromatic carbocycles. The standard InChI is InChI=1S/C49H31N3/c1-4-15-32(16-5-1)43-31-45-39-24-11-10-23-38(39)44-30-36(27-28-42(44)46(45)41-26-13-12-25-40(41)43)35-21-14-22-37(29-35)49-51-47(33-17-6-2-7-18-33)50-48(52-49)34-19-8-3-9-20-34/h1-31H. The van der Waals surface area contributed by atoms with Crippen molar-refractivity contribution in [3.63, 3.8) is 0 Å². The highest BCUT2D eigenvalue weighted by Gasteiger charge is 2.17. The van der Waals surface area contributed by atoms with Crippen molar-refractivity contribution in [1.29, 1.82) is 0 Å². The topological polar surface area (TPSA) is 38.7 Å². The summed E-state index contributed by atoms with van der Waals surface area (Å²) >= 11 is 0. The lowest BCUT2D eigenvalue weighted by atomic mass is 9.86. The zero-order valence-electron chi connectivity index (χ0n) is 28.2. The van der Waals surface area contributed by atoms with Gasteiger partial charge in [-0.25, -0.2) is 15.0 Å². The molecule has 0 aliphatic heterocycles. The lowest BCUT2D eigenvalue weighted by molar-refractivity contribution is 1.07. The van der Waals surface area contributed by atoms with Gasteiger partial charge < -0.3 is 0 Å². The number of rotatable bonds is 5. The highest BCUT2D eigenvalue weighted by Crippen LogP contribution is 2.43. The van der Waals surface area contributed by atoms with Crippen LogP contribution >= 0.6 is 0 Å². The Morgan fingerprint density at radius 1 is 0.231 bits per heavy atom. The average Bonchev–Trinajstić information content (AvgIpc) is 3.24. The zero-order valence-corrected chi connectivity index (χ0v) is 28.2. The van der Waals surface area contributed by atoms with Gasteiger partial charge in [0, 0.05) is 16.7 Å². The molecular formula is C49H31N3. The molecule has 0 spiro atoms. The molecule has 10 aromatic rings. The van der Waals surface area contributed by atoms with Crippen LogP contribution in [0.1, 0.15) is 0 Å². The van der Waals surface area contributed by atoms with Gasteiger partial charge in [0.05, 0.1) is 0 Å². The fraction of sp³-hybridized carbons (Fsp3) is 0. The normalized spacial score (nSPS) is 11.5. The molecule has 0 N–H and O–H groups in total. The smallest absolute Gasteiger partial charge is 0.164 e. The second kappa shape index (κ2) is 12.4. The molecule has 1 aromatic heterocycles. The van der Waals surface area contributed by atoms with Crippen LogP contribution < -0.4 is 0 Å². The third kappa shape index (κ3) is 5.10. The van der Waals surface area contributed by atoms with Gasteiger partial charge in [0.1, 0.15) is 0 Å². The van der Waals surface area contributed by atoms with Crippen molar-refractivity contribution >= 4 is 43.1 Å². The molecule has 1 heterocycles. The second-order valence-corrected chi connectivity index (χ2v) is 13.2. The summed E-state index contributed by atoms with van der Waals surface area (Å²) in [6.45, 7) is 0. The van der Waals surface area contributed by atoms with Crippen molar-refractivity contribution < 1.29 is 0 Å². The van der Waals surface area contributed by atoms with E-state index >= 15 is 0 Å². The number of nitrogens with zero attached hydrogens (tertiary/aromatic N) is 3. The van der Waals surface area contributed by atoms with Gasteiger partial charge >= 0.3 is 0 Å². The van der Waals surface area contributed by atoms with Crippen molar-refractivity contribution in [2.75, 3.05) is 0 Å². The minimum absolute atomic E-state index is 0.646. The van der Waals surface area contributed by atoms with Crippen molar-refractivity contribution in [2.24, 2.45) is 0 Å². The first-order valence-electron chi connectivity index (χ1n) is 17.6. The van der Waals surface area contributed by atoms with E-state index in [0.29, 0.717) is 17.5 Å². The Labute approximate surface area is 301 Å². The fourth-order valence-electron chi connectivity index (χ4n) is 7.63. The summed E-state index contributed by atoms with van der Waals surface area (Å²) in [6, 6.07) is 66.5. The molecule has 0 fully saturated rings. The molecule has 52 heavy (non-hydrogen) atoms. The minimum atomic E-state index is 0.646. The van der Waals surface area contributed by atoms with Crippen LogP contribution in [0.25, 0.3) is 99.5 Å². The molecule has 0 saturated carbocycles. The maximum Gasteiger partial charge on any atom is 0.164 e. The van der Waals surface area contributed by atoms with E-state index in [4.69, 9.17) is 15.0 Å².